The molecule has 2 aliphatic rings. The molecule has 1 aliphatic carbocycles. The highest BCUT2D eigenvalue weighted by Gasteiger charge is 2.18. The van der Waals surface area contributed by atoms with E-state index in [2.05, 4.69) is 37.3 Å². The average molecular weight is 402 g/mol. The van der Waals surface area contributed by atoms with Gasteiger partial charge in [0, 0.05) is 64.8 Å². The number of aliphatic imine (C=N–C) groups is 1. The molecule has 0 atom stereocenters. The number of hydrogen-bond acceptors (Lipinski definition) is 5. The van der Waals surface area contributed by atoms with Crippen molar-refractivity contribution in [3.8, 4) is 0 Å². The van der Waals surface area contributed by atoms with Gasteiger partial charge in [-0.15, -0.1) is 0 Å². The van der Waals surface area contributed by atoms with E-state index in [0.29, 0.717) is 0 Å². The van der Waals surface area contributed by atoms with Crippen molar-refractivity contribution in [1.29, 1.82) is 0 Å². The number of nitrogens with zero attached hydrogens (tertiary/aromatic N) is 5. The molecular weight excluding hydrogens is 362 g/mol. The van der Waals surface area contributed by atoms with Crippen LogP contribution < -0.4 is 15.5 Å². The molecule has 0 spiro atoms. The van der Waals surface area contributed by atoms with E-state index in [1.54, 1.807) is 0 Å². The molecular formula is C22H39N7. The van der Waals surface area contributed by atoms with Crippen LogP contribution in [0, 0.1) is 5.92 Å². The third-order valence-electron chi connectivity index (χ3n) is 6.01. The Morgan fingerprint density at radius 3 is 2.55 bits per heavy atom. The van der Waals surface area contributed by atoms with Crippen molar-refractivity contribution in [3.63, 3.8) is 0 Å². The number of anilines is 1. The van der Waals surface area contributed by atoms with Crippen LogP contribution in [0.3, 0.4) is 0 Å². The van der Waals surface area contributed by atoms with Crippen molar-refractivity contribution in [3.05, 3.63) is 18.5 Å². The highest BCUT2D eigenvalue weighted by atomic mass is 15.3. The van der Waals surface area contributed by atoms with Crippen molar-refractivity contribution in [1.82, 2.24) is 25.5 Å². The molecule has 3 rings (SSSR count). The molecule has 0 aromatic carbocycles. The Labute approximate surface area is 176 Å². The lowest BCUT2D eigenvalue weighted by Gasteiger charge is -2.34. The van der Waals surface area contributed by atoms with Gasteiger partial charge in [0.2, 0.25) is 5.95 Å². The molecule has 29 heavy (non-hydrogen) atoms. The second kappa shape index (κ2) is 12.6. The van der Waals surface area contributed by atoms with Crippen molar-refractivity contribution < 1.29 is 0 Å². The number of hydrogen-bond donors (Lipinski definition) is 2. The van der Waals surface area contributed by atoms with Crippen LogP contribution in [0.4, 0.5) is 5.95 Å². The number of nitrogens with one attached hydrogen (secondary N) is 2. The highest BCUT2D eigenvalue weighted by molar-refractivity contribution is 5.79. The molecule has 1 saturated heterocycles. The Hall–Kier alpha value is -1.89. The van der Waals surface area contributed by atoms with Crippen LogP contribution >= 0.6 is 0 Å². The number of piperazine rings is 1. The Morgan fingerprint density at radius 2 is 1.83 bits per heavy atom. The van der Waals surface area contributed by atoms with Gasteiger partial charge in [0.25, 0.3) is 0 Å². The molecule has 1 saturated carbocycles. The summed E-state index contributed by atoms with van der Waals surface area (Å²) in [7, 11) is 0. The van der Waals surface area contributed by atoms with E-state index in [4.69, 9.17) is 4.99 Å². The highest BCUT2D eigenvalue weighted by Crippen LogP contribution is 2.28. The summed E-state index contributed by atoms with van der Waals surface area (Å²) in [6.07, 6.45) is 13.1. The monoisotopic (exact) mass is 401 g/mol. The molecule has 7 heteroatoms. The van der Waals surface area contributed by atoms with E-state index in [1.165, 1.54) is 38.5 Å². The van der Waals surface area contributed by atoms with Crippen LogP contribution in [0.1, 0.15) is 51.9 Å². The molecule has 0 unspecified atom stereocenters. The maximum Gasteiger partial charge on any atom is 0.225 e. The quantitative estimate of drug-likeness (QED) is 0.357. The molecule has 7 nitrogen and oxygen atoms in total. The predicted molar refractivity (Wildman–Crippen MR) is 120 cm³/mol. The Bertz CT molecular complexity index is 578. The van der Waals surface area contributed by atoms with Gasteiger partial charge in [0.15, 0.2) is 5.96 Å². The normalized spacial score (nSPS) is 18.9. The van der Waals surface area contributed by atoms with Crippen LogP contribution in [0.2, 0.25) is 0 Å². The summed E-state index contributed by atoms with van der Waals surface area (Å²) in [5.74, 6) is 2.81. The maximum atomic E-state index is 4.77. The lowest BCUT2D eigenvalue weighted by Crippen LogP contribution is -2.47. The van der Waals surface area contributed by atoms with E-state index in [0.717, 1.165) is 76.6 Å². The molecule has 2 N–H and O–H groups in total. The number of rotatable bonds is 10. The lowest BCUT2D eigenvalue weighted by atomic mass is 10.0. The van der Waals surface area contributed by atoms with Gasteiger partial charge in [0.1, 0.15) is 0 Å². The average Bonchev–Trinajstić information content (AvgIpc) is 3.29. The van der Waals surface area contributed by atoms with Gasteiger partial charge < -0.3 is 15.5 Å². The lowest BCUT2D eigenvalue weighted by molar-refractivity contribution is 0.255. The summed E-state index contributed by atoms with van der Waals surface area (Å²) >= 11 is 0. The SMILES string of the molecule is CCNC(=NCCCN1CCN(c2ncccn2)CC1)NCCCC1CCCC1. The topological polar surface area (TPSA) is 68.7 Å². The molecule has 1 aliphatic heterocycles. The van der Waals surface area contributed by atoms with Crippen molar-refractivity contribution >= 4 is 11.9 Å². The summed E-state index contributed by atoms with van der Waals surface area (Å²) in [6, 6.07) is 1.87. The Kier molecular flexibility index (Phi) is 9.50. The Balaban J connectivity index is 1.28. The van der Waals surface area contributed by atoms with Crippen LogP contribution in [0.5, 0.6) is 0 Å². The fourth-order valence-corrected chi connectivity index (χ4v) is 4.35. The Morgan fingerprint density at radius 1 is 1.07 bits per heavy atom. The minimum Gasteiger partial charge on any atom is -0.357 e. The fourth-order valence-electron chi connectivity index (χ4n) is 4.35. The van der Waals surface area contributed by atoms with Gasteiger partial charge in [-0.25, -0.2) is 9.97 Å². The molecule has 2 heterocycles. The van der Waals surface area contributed by atoms with Gasteiger partial charge in [-0.3, -0.25) is 9.89 Å². The van der Waals surface area contributed by atoms with Crippen LogP contribution in [0.25, 0.3) is 0 Å². The minimum absolute atomic E-state index is 0.853. The zero-order valence-electron chi connectivity index (χ0n) is 18.2. The maximum absolute atomic E-state index is 4.77. The molecule has 0 amide bonds. The summed E-state index contributed by atoms with van der Waals surface area (Å²) < 4.78 is 0. The molecule has 1 aromatic rings. The largest absolute Gasteiger partial charge is 0.357 e. The van der Waals surface area contributed by atoms with Gasteiger partial charge in [-0.1, -0.05) is 25.7 Å². The third kappa shape index (κ3) is 7.80. The van der Waals surface area contributed by atoms with Gasteiger partial charge >= 0.3 is 0 Å². The fraction of sp³-hybridized carbons (Fsp3) is 0.773. The summed E-state index contributed by atoms with van der Waals surface area (Å²) in [4.78, 5) is 18.3. The first kappa shape index (κ1) is 21.8. The zero-order chi connectivity index (χ0) is 20.2. The third-order valence-corrected chi connectivity index (χ3v) is 6.01. The first-order valence-corrected chi connectivity index (χ1v) is 11.6. The van der Waals surface area contributed by atoms with Crippen molar-refractivity contribution in [2.24, 2.45) is 10.9 Å². The molecule has 2 fully saturated rings. The predicted octanol–water partition coefficient (Wildman–Crippen LogP) is 2.51. The minimum atomic E-state index is 0.853. The van der Waals surface area contributed by atoms with Crippen molar-refractivity contribution in [2.75, 3.05) is 57.3 Å². The van der Waals surface area contributed by atoms with Gasteiger partial charge in [0.05, 0.1) is 0 Å². The number of aromatic nitrogens is 2. The van der Waals surface area contributed by atoms with Crippen molar-refractivity contribution in [2.45, 2.75) is 51.9 Å². The smallest absolute Gasteiger partial charge is 0.225 e. The molecule has 0 bridgehead atoms. The first-order chi connectivity index (χ1) is 14.3. The van der Waals surface area contributed by atoms with Crippen LogP contribution in [-0.4, -0.2) is 73.2 Å². The second-order valence-electron chi connectivity index (χ2n) is 8.21. The van der Waals surface area contributed by atoms with E-state index >= 15 is 0 Å². The summed E-state index contributed by atoms with van der Waals surface area (Å²) in [5.41, 5.74) is 0. The van der Waals surface area contributed by atoms with E-state index in [1.807, 2.05) is 18.5 Å². The van der Waals surface area contributed by atoms with E-state index < -0.39 is 0 Å². The second-order valence-corrected chi connectivity index (χ2v) is 8.21. The molecule has 162 valence electrons. The van der Waals surface area contributed by atoms with Crippen LogP contribution in [0.15, 0.2) is 23.5 Å². The number of guanidine groups is 1. The zero-order valence-corrected chi connectivity index (χ0v) is 18.2. The molecule has 0 radical (unpaired) electrons. The summed E-state index contributed by atoms with van der Waals surface area (Å²) in [6.45, 7) is 10.2. The standard InChI is InChI=1S/C22H39N7/c1-2-23-21(24-11-5-10-20-8-3-4-9-20)25-14-7-15-28-16-18-29(19-17-28)22-26-12-6-13-27-22/h6,12-13,20H,2-5,7-11,14-19H2,1H3,(H2,23,24,25). The first-order valence-electron chi connectivity index (χ1n) is 11.6. The van der Waals surface area contributed by atoms with Gasteiger partial charge in [-0.05, 0) is 38.2 Å². The summed E-state index contributed by atoms with van der Waals surface area (Å²) in [5, 5.41) is 6.89. The van der Waals surface area contributed by atoms with Gasteiger partial charge in [-0.2, -0.15) is 0 Å². The molecule has 1 aromatic heterocycles. The van der Waals surface area contributed by atoms with E-state index in [-0.39, 0.29) is 0 Å². The van der Waals surface area contributed by atoms with E-state index in [9.17, 15) is 0 Å². The van der Waals surface area contributed by atoms with Crippen LogP contribution in [-0.2, 0) is 0 Å².